The number of aliphatic carboxylic acids is 1. The molecule has 1 atom stereocenters. The molecule has 1 fully saturated rings. The van der Waals surface area contributed by atoms with Gasteiger partial charge in [0.2, 0.25) is 0 Å². The molecule has 1 heterocycles. The van der Waals surface area contributed by atoms with Gasteiger partial charge in [0.1, 0.15) is 0 Å². The zero-order chi connectivity index (χ0) is 12.0. The Kier molecular flexibility index (Phi) is 5.23. The van der Waals surface area contributed by atoms with Crippen LogP contribution in [0.15, 0.2) is 0 Å². The van der Waals surface area contributed by atoms with E-state index in [0.717, 1.165) is 32.6 Å². The minimum absolute atomic E-state index is 0.317. The van der Waals surface area contributed by atoms with Crippen molar-refractivity contribution in [3.05, 3.63) is 0 Å². The number of hydrogen-bond donors (Lipinski definition) is 1. The van der Waals surface area contributed by atoms with Gasteiger partial charge in [-0.1, -0.05) is 6.92 Å². The molecule has 5 heteroatoms. The van der Waals surface area contributed by atoms with Crippen molar-refractivity contribution >= 4 is 5.97 Å². The minimum atomic E-state index is -0.738. The molecule has 0 aromatic heterocycles. The van der Waals surface area contributed by atoms with Crippen LogP contribution in [-0.4, -0.2) is 60.1 Å². The second-order valence-electron chi connectivity index (χ2n) is 4.33. The predicted octanol–water partition coefficient (Wildman–Crippen LogP) is 0.238. The van der Waals surface area contributed by atoms with Gasteiger partial charge in [0.25, 0.3) is 0 Å². The molecule has 0 amide bonds. The third kappa shape index (κ3) is 4.17. The van der Waals surface area contributed by atoms with Crippen molar-refractivity contribution in [3.8, 4) is 6.07 Å². The summed E-state index contributed by atoms with van der Waals surface area (Å²) in [7, 11) is 0. The van der Waals surface area contributed by atoms with Gasteiger partial charge in [0, 0.05) is 26.2 Å². The number of carbonyl (C=O) groups is 1. The van der Waals surface area contributed by atoms with E-state index in [1.807, 2.05) is 0 Å². The molecule has 0 aromatic carbocycles. The molecule has 1 unspecified atom stereocenters. The molecule has 16 heavy (non-hydrogen) atoms. The number of hydrogen-bond acceptors (Lipinski definition) is 4. The molecule has 1 saturated heterocycles. The summed E-state index contributed by atoms with van der Waals surface area (Å²) in [5.74, 6) is -1.05. The maximum Gasteiger partial charge on any atom is 0.307 e. The molecule has 90 valence electrons. The molecular weight excluding hydrogens is 206 g/mol. The average molecular weight is 225 g/mol. The Labute approximate surface area is 96.3 Å². The molecular formula is C11H19N3O2. The van der Waals surface area contributed by atoms with Crippen LogP contribution in [0.4, 0.5) is 0 Å². The van der Waals surface area contributed by atoms with Crippen molar-refractivity contribution in [2.24, 2.45) is 5.92 Å². The van der Waals surface area contributed by atoms with E-state index in [4.69, 9.17) is 10.4 Å². The Morgan fingerprint density at radius 3 is 2.62 bits per heavy atom. The number of nitriles is 1. The Hall–Kier alpha value is -1.12. The molecule has 1 aliphatic rings. The highest BCUT2D eigenvalue weighted by atomic mass is 16.4. The first-order valence-electron chi connectivity index (χ1n) is 5.68. The van der Waals surface area contributed by atoms with Gasteiger partial charge in [-0.3, -0.25) is 9.69 Å². The van der Waals surface area contributed by atoms with Gasteiger partial charge in [0.05, 0.1) is 18.5 Å². The molecule has 1 rings (SSSR count). The zero-order valence-corrected chi connectivity index (χ0v) is 9.72. The van der Waals surface area contributed by atoms with E-state index in [9.17, 15) is 4.79 Å². The Morgan fingerprint density at radius 2 is 2.00 bits per heavy atom. The third-order valence-electron chi connectivity index (χ3n) is 2.93. The van der Waals surface area contributed by atoms with Crippen molar-refractivity contribution in [1.29, 1.82) is 5.26 Å². The normalized spacial score (nSPS) is 21.0. The summed E-state index contributed by atoms with van der Waals surface area (Å²) in [4.78, 5) is 15.0. The first kappa shape index (κ1) is 12.9. The number of nitrogens with zero attached hydrogens (tertiary/aromatic N) is 3. The molecule has 0 radical (unpaired) electrons. The summed E-state index contributed by atoms with van der Waals surface area (Å²) >= 11 is 0. The maximum atomic E-state index is 10.7. The molecule has 0 bridgehead atoms. The van der Waals surface area contributed by atoms with Crippen molar-refractivity contribution in [3.63, 3.8) is 0 Å². The zero-order valence-electron chi connectivity index (χ0n) is 9.72. The summed E-state index contributed by atoms with van der Waals surface area (Å²) < 4.78 is 0. The molecule has 1 N–H and O–H groups in total. The van der Waals surface area contributed by atoms with Gasteiger partial charge < -0.3 is 10.0 Å². The topological polar surface area (TPSA) is 67.6 Å². The van der Waals surface area contributed by atoms with Crippen LogP contribution < -0.4 is 0 Å². The largest absolute Gasteiger partial charge is 0.481 e. The Balaban J connectivity index is 2.36. The number of rotatable bonds is 4. The van der Waals surface area contributed by atoms with E-state index in [-0.39, 0.29) is 5.92 Å². The lowest BCUT2D eigenvalue weighted by atomic mass is 10.1. The lowest BCUT2D eigenvalue weighted by Crippen LogP contribution is -2.35. The van der Waals surface area contributed by atoms with Crippen LogP contribution in [0.1, 0.15) is 13.3 Å². The Morgan fingerprint density at radius 1 is 1.38 bits per heavy atom. The van der Waals surface area contributed by atoms with Gasteiger partial charge >= 0.3 is 5.97 Å². The highest BCUT2D eigenvalue weighted by molar-refractivity contribution is 5.69. The van der Waals surface area contributed by atoms with E-state index in [1.165, 1.54) is 0 Å². The van der Waals surface area contributed by atoms with E-state index in [2.05, 4.69) is 15.9 Å². The first-order valence-corrected chi connectivity index (χ1v) is 5.68. The summed E-state index contributed by atoms with van der Waals surface area (Å²) in [6.07, 6.45) is 1.01. The van der Waals surface area contributed by atoms with Gasteiger partial charge in [-0.15, -0.1) is 0 Å². The predicted molar refractivity (Wildman–Crippen MR) is 59.9 cm³/mol. The van der Waals surface area contributed by atoms with Crippen LogP contribution in [0, 0.1) is 17.2 Å². The molecule has 0 aromatic rings. The van der Waals surface area contributed by atoms with Gasteiger partial charge in [0.15, 0.2) is 0 Å². The van der Waals surface area contributed by atoms with Gasteiger partial charge in [-0.25, -0.2) is 0 Å². The fraction of sp³-hybridized carbons (Fsp3) is 0.818. The highest BCUT2D eigenvalue weighted by Gasteiger charge is 2.19. The lowest BCUT2D eigenvalue weighted by molar-refractivity contribution is -0.141. The SMILES string of the molecule is CC(CN1CCCN(CC#N)CC1)C(=O)O. The highest BCUT2D eigenvalue weighted by Crippen LogP contribution is 2.06. The van der Waals surface area contributed by atoms with Gasteiger partial charge in [-0.2, -0.15) is 5.26 Å². The van der Waals surface area contributed by atoms with Crippen molar-refractivity contribution in [2.75, 3.05) is 39.3 Å². The average Bonchev–Trinajstić information content (AvgIpc) is 2.44. The van der Waals surface area contributed by atoms with Crippen LogP contribution in [0.3, 0.4) is 0 Å². The third-order valence-corrected chi connectivity index (χ3v) is 2.93. The molecule has 1 aliphatic heterocycles. The van der Waals surface area contributed by atoms with E-state index >= 15 is 0 Å². The maximum absolute atomic E-state index is 10.7. The monoisotopic (exact) mass is 225 g/mol. The van der Waals surface area contributed by atoms with Crippen molar-refractivity contribution in [2.45, 2.75) is 13.3 Å². The second-order valence-corrected chi connectivity index (χ2v) is 4.33. The number of carboxylic acids is 1. The van der Waals surface area contributed by atoms with Crippen LogP contribution in [0.25, 0.3) is 0 Å². The lowest BCUT2D eigenvalue weighted by Gasteiger charge is -2.22. The quantitative estimate of drug-likeness (QED) is 0.694. The minimum Gasteiger partial charge on any atom is -0.481 e. The van der Waals surface area contributed by atoms with E-state index in [0.29, 0.717) is 13.1 Å². The molecule has 0 aliphatic carbocycles. The molecule has 5 nitrogen and oxygen atoms in total. The van der Waals surface area contributed by atoms with Crippen LogP contribution in [0.5, 0.6) is 0 Å². The summed E-state index contributed by atoms with van der Waals surface area (Å²) in [5.41, 5.74) is 0. The van der Waals surface area contributed by atoms with E-state index in [1.54, 1.807) is 6.92 Å². The number of carboxylic acid groups (broad SMARTS) is 1. The summed E-state index contributed by atoms with van der Waals surface area (Å²) in [5, 5.41) is 17.5. The standard InChI is InChI=1S/C11H19N3O2/c1-10(11(15)16)9-14-5-2-4-13(6-3-12)7-8-14/h10H,2,4-9H2,1H3,(H,15,16). The smallest absolute Gasteiger partial charge is 0.307 e. The second kappa shape index (κ2) is 6.46. The van der Waals surface area contributed by atoms with Crippen molar-refractivity contribution < 1.29 is 9.90 Å². The fourth-order valence-electron chi connectivity index (χ4n) is 1.93. The van der Waals surface area contributed by atoms with Crippen LogP contribution in [0.2, 0.25) is 0 Å². The fourth-order valence-corrected chi connectivity index (χ4v) is 1.93. The van der Waals surface area contributed by atoms with E-state index < -0.39 is 5.97 Å². The van der Waals surface area contributed by atoms with Gasteiger partial charge in [-0.05, 0) is 13.0 Å². The van der Waals surface area contributed by atoms with Crippen molar-refractivity contribution in [1.82, 2.24) is 9.80 Å². The summed E-state index contributed by atoms with van der Waals surface area (Å²) in [6, 6.07) is 2.15. The first-order chi connectivity index (χ1) is 7.63. The molecule has 0 saturated carbocycles. The van der Waals surface area contributed by atoms with Crippen LogP contribution >= 0.6 is 0 Å². The summed E-state index contributed by atoms with van der Waals surface area (Å²) in [6.45, 7) is 6.41. The Bertz CT molecular complexity index is 275. The van der Waals surface area contributed by atoms with Crippen LogP contribution in [-0.2, 0) is 4.79 Å². The molecule has 0 spiro atoms.